The van der Waals surface area contributed by atoms with Crippen molar-refractivity contribution in [2.75, 3.05) is 7.11 Å². The average molecular weight is 284 g/mol. The lowest BCUT2D eigenvalue weighted by molar-refractivity contribution is -0.125. The molecule has 0 bridgehead atoms. The molecule has 16 heavy (non-hydrogen) atoms. The van der Waals surface area contributed by atoms with Crippen molar-refractivity contribution >= 4 is 27.7 Å². The molecule has 2 amide bonds. The van der Waals surface area contributed by atoms with Gasteiger partial charge in [-0.05, 0) is 33.6 Å². The first kappa shape index (κ1) is 11.1. The van der Waals surface area contributed by atoms with Gasteiger partial charge in [-0.2, -0.15) is 0 Å². The van der Waals surface area contributed by atoms with Crippen molar-refractivity contribution in [2.24, 2.45) is 0 Å². The third kappa shape index (κ3) is 1.95. The first-order chi connectivity index (χ1) is 7.61. The van der Waals surface area contributed by atoms with Gasteiger partial charge < -0.3 is 4.74 Å². The minimum absolute atomic E-state index is 0.220. The summed E-state index contributed by atoms with van der Waals surface area (Å²) >= 11 is 3.35. The number of hydrogen-bond acceptors (Lipinski definition) is 3. The fourth-order valence-electron chi connectivity index (χ4n) is 1.72. The summed E-state index contributed by atoms with van der Waals surface area (Å²) in [6, 6.07) is 5.38. The zero-order valence-electron chi connectivity index (χ0n) is 8.62. The molecule has 1 aliphatic heterocycles. The number of methoxy groups -OCH3 is 1. The van der Waals surface area contributed by atoms with Gasteiger partial charge in [0.2, 0.25) is 11.8 Å². The van der Waals surface area contributed by atoms with E-state index in [4.69, 9.17) is 4.74 Å². The Balaban J connectivity index is 2.31. The third-order valence-corrected chi connectivity index (χ3v) is 3.17. The molecule has 84 valence electrons. The van der Waals surface area contributed by atoms with Crippen LogP contribution in [-0.4, -0.2) is 18.9 Å². The molecule has 0 spiro atoms. The maximum atomic E-state index is 11.5. The molecular weight excluding hydrogens is 274 g/mol. The second-order valence-corrected chi connectivity index (χ2v) is 4.42. The van der Waals surface area contributed by atoms with Gasteiger partial charge in [-0.15, -0.1) is 0 Å². The number of carbonyl (C=O) groups excluding carboxylic acids is 2. The fraction of sp³-hybridized carbons (Fsp3) is 0.273. The van der Waals surface area contributed by atoms with Crippen LogP contribution in [0.3, 0.4) is 0 Å². The number of ether oxygens (including phenoxy) is 1. The Kier molecular flexibility index (Phi) is 2.96. The van der Waals surface area contributed by atoms with E-state index in [1.54, 1.807) is 19.2 Å². The van der Waals surface area contributed by atoms with Crippen molar-refractivity contribution in [2.45, 2.75) is 12.3 Å². The maximum Gasteiger partial charge on any atom is 0.234 e. The zero-order chi connectivity index (χ0) is 11.7. The summed E-state index contributed by atoms with van der Waals surface area (Å²) in [6.45, 7) is 0. The van der Waals surface area contributed by atoms with Gasteiger partial charge in [-0.1, -0.05) is 6.07 Å². The quantitative estimate of drug-likeness (QED) is 0.839. The van der Waals surface area contributed by atoms with Gasteiger partial charge in [0.05, 0.1) is 17.5 Å². The second kappa shape index (κ2) is 4.25. The van der Waals surface area contributed by atoms with Gasteiger partial charge in [0.1, 0.15) is 5.75 Å². The van der Waals surface area contributed by atoms with Gasteiger partial charge in [-0.25, -0.2) is 0 Å². The Labute approximate surface area is 101 Å². The molecule has 0 saturated carbocycles. The largest absolute Gasteiger partial charge is 0.496 e. The van der Waals surface area contributed by atoms with Gasteiger partial charge >= 0.3 is 0 Å². The fourth-order valence-corrected chi connectivity index (χ4v) is 2.28. The lowest BCUT2D eigenvalue weighted by Crippen LogP contribution is -2.21. The number of carbonyl (C=O) groups is 2. The van der Waals surface area contributed by atoms with E-state index in [1.165, 1.54) is 0 Å². The molecule has 0 aliphatic carbocycles. The number of imide groups is 1. The predicted molar refractivity (Wildman–Crippen MR) is 61.2 cm³/mol. The Morgan fingerprint density at radius 2 is 2.19 bits per heavy atom. The topological polar surface area (TPSA) is 55.4 Å². The molecular formula is C11H10BrNO3. The molecule has 0 radical (unpaired) electrons. The van der Waals surface area contributed by atoms with E-state index in [-0.39, 0.29) is 24.2 Å². The number of nitrogens with one attached hydrogen (secondary N) is 1. The molecule has 0 aromatic heterocycles. The molecule has 1 aliphatic rings. The lowest BCUT2D eigenvalue weighted by Gasteiger charge is -2.09. The van der Waals surface area contributed by atoms with E-state index >= 15 is 0 Å². The Morgan fingerprint density at radius 1 is 1.44 bits per heavy atom. The van der Waals surface area contributed by atoms with Crippen LogP contribution in [0.4, 0.5) is 0 Å². The van der Waals surface area contributed by atoms with Crippen molar-refractivity contribution in [1.82, 2.24) is 5.32 Å². The highest BCUT2D eigenvalue weighted by Gasteiger charge is 2.31. The summed E-state index contributed by atoms with van der Waals surface area (Å²) in [4.78, 5) is 22.5. The molecule has 4 nitrogen and oxygen atoms in total. The highest BCUT2D eigenvalue weighted by Crippen LogP contribution is 2.31. The molecule has 2 rings (SSSR count). The Bertz CT molecular complexity index is 459. The van der Waals surface area contributed by atoms with Crippen LogP contribution in [0.2, 0.25) is 0 Å². The molecule has 1 aromatic rings. The minimum atomic E-state index is -0.380. The highest BCUT2D eigenvalue weighted by molar-refractivity contribution is 9.10. The number of hydrogen-bond donors (Lipinski definition) is 1. The van der Waals surface area contributed by atoms with Gasteiger partial charge in [0.25, 0.3) is 0 Å². The summed E-state index contributed by atoms with van der Waals surface area (Å²) in [5, 5.41) is 2.29. The number of halogens is 1. The second-order valence-electron chi connectivity index (χ2n) is 3.56. The van der Waals surface area contributed by atoms with Crippen molar-refractivity contribution in [3.63, 3.8) is 0 Å². The van der Waals surface area contributed by atoms with Gasteiger partial charge in [0.15, 0.2) is 0 Å². The third-order valence-electron chi connectivity index (χ3n) is 2.55. The van der Waals surface area contributed by atoms with E-state index in [0.717, 1.165) is 10.0 Å². The maximum absolute atomic E-state index is 11.5. The monoisotopic (exact) mass is 283 g/mol. The van der Waals surface area contributed by atoms with Crippen molar-refractivity contribution < 1.29 is 14.3 Å². The van der Waals surface area contributed by atoms with Crippen LogP contribution < -0.4 is 10.1 Å². The van der Waals surface area contributed by atoms with Crippen LogP contribution >= 0.6 is 15.9 Å². The molecule has 1 heterocycles. The number of rotatable bonds is 2. The van der Waals surface area contributed by atoms with E-state index in [0.29, 0.717) is 5.75 Å². The van der Waals surface area contributed by atoms with E-state index < -0.39 is 0 Å². The lowest BCUT2D eigenvalue weighted by atomic mass is 9.98. The number of benzene rings is 1. The Hall–Kier alpha value is -1.36. The predicted octanol–water partition coefficient (Wildman–Crippen LogP) is 1.59. The van der Waals surface area contributed by atoms with Crippen LogP contribution in [0, 0.1) is 0 Å². The van der Waals surface area contributed by atoms with Gasteiger partial charge in [-0.3, -0.25) is 14.9 Å². The van der Waals surface area contributed by atoms with Crippen molar-refractivity contribution in [3.05, 3.63) is 28.2 Å². The molecule has 1 saturated heterocycles. The van der Waals surface area contributed by atoms with E-state index in [2.05, 4.69) is 21.2 Å². The molecule has 1 fully saturated rings. The summed E-state index contributed by atoms with van der Waals surface area (Å²) in [6.07, 6.45) is 0.220. The van der Waals surface area contributed by atoms with Crippen LogP contribution in [-0.2, 0) is 9.59 Å². The molecule has 1 atom stereocenters. The standard InChI is InChI=1S/C11H10BrNO3/c1-16-9-3-2-6(4-8(9)12)7-5-10(14)13-11(7)15/h2-4,7H,5H2,1H3,(H,13,14,15)/t7-/m0/s1. The Morgan fingerprint density at radius 3 is 2.69 bits per heavy atom. The molecule has 0 unspecified atom stereocenters. The van der Waals surface area contributed by atoms with E-state index in [1.807, 2.05) is 6.07 Å². The molecule has 1 aromatic carbocycles. The van der Waals surface area contributed by atoms with Crippen LogP contribution in [0.5, 0.6) is 5.75 Å². The minimum Gasteiger partial charge on any atom is -0.496 e. The first-order valence-electron chi connectivity index (χ1n) is 4.79. The number of amides is 2. The summed E-state index contributed by atoms with van der Waals surface area (Å²) in [5.74, 6) is -0.132. The SMILES string of the molecule is COc1ccc([C@@H]2CC(=O)NC2=O)cc1Br. The van der Waals surface area contributed by atoms with Crippen LogP contribution in [0.15, 0.2) is 22.7 Å². The summed E-state index contributed by atoms with van der Waals surface area (Å²) in [7, 11) is 1.57. The smallest absolute Gasteiger partial charge is 0.234 e. The van der Waals surface area contributed by atoms with Gasteiger partial charge in [0, 0.05) is 6.42 Å². The van der Waals surface area contributed by atoms with Crippen molar-refractivity contribution in [3.8, 4) is 5.75 Å². The zero-order valence-corrected chi connectivity index (χ0v) is 10.2. The first-order valence-corrected chi connectivity index (χ1v) is 5.58. The van der Waals surface area contributed by atoms with Crippen molar-refractivity contribution in [1.29, 1.82) is 0 Å². The molecule has 1 N–H and O–H groups in total. The normalized spacial score (nSPS) is 19.8. The van der Waals surface area contributed by atoms with E-state index in [9.17, 15) is 9.59 Å². The van der Waals surface area contributed by atoms with Crippen LogP contribution in [0.25, 0.3) is 0 Å². The molecule has 5 heteroatoms. The average Bonchev–Trinajstić information content (AvgIpc) is 2.58. The summed E-state index contributed by atoms with van der Waals surface area (Å²) < 4.78 is 5.87. The summed E-state index contributed by atoms with van der Waals surface area (Å²) in [5.41, 5.74) is 0.816. The highest BCUT2D eigenvalue weighted by atomic mass is 79.9. The van der Waals surface area contributed by atoms with Crippen LogP contribution in [0.1, 0.15) is 17.9 Å².